The molecule has 118 valence electrons. The van der Waals surface area contributed by atoms with Crippen LogP contribution in [0.4, 0.5) is 5.69 Å². The predicted molar refractivity (Wildman–Crippen MR) is 98.3 cm³/mol. The van der Waals surface area contributed by atoms with Gasteiger partial charge in [-0.15, -0.1) is 24.0 Å². The number of rotatable bonds is 5. The molecule has 6 heteroatoms. The highest BCUT2D eigenvalue weighted by Crippen LogP contribution is 2.29. The number of aromatic nitrogens is 1. The molecule has 4 nitrogen and oxygen atoms in total. The molecule has 23 heavy (non-hydrogen) atoms. The van der Waals surface area contributed by atoms with Crippen molar-refractivity contribution in [3.63, 3.8) is 0 Å². The second kappa shape index (κ2) is 7.02. The van der Waals surface area contributed by atoms with Gasteiger partial charge in [-0.3, -0.25) is 4.99 Å². The Morgan fingerprint density at radius 3 is 2.87 bits per heavy atom. The fraction of sp³-hybridized carbons (Fsp3) is 0.176. The molecule has 0 aliphatic heterocycles. The van der Waals surface area contributed by atoms with Gasteiger partial charge in [-0.1, -0.05) is 0 Å². The molecule has 0 radical (unpaired) electrons. The van der Waals surface area contributed by atoms with Crippen molar-refractivity contribution >= 4 is 46.1 Å². The Morgan fingerprint density at radius 1 is 1.22 bits per heavy atom. The van der Waals surface area contributed by atoms with E-state index >= 15 is 0 Å². The van der Waals surface area contributed by atoms with Gasteiger partial charge >= 0.3 is 0 Å². The zero-order chi connectivity index (χ0) is 16.2. The first-order valence-corrected chi connectivity index (χ1v) is 8.40. The third-order valence-electron chi connectivity index (χ3n) is 3.21. The van der Waals surface area contributed by atoms with Gasteiger partial charge in [-0.05, 0) is 48.9 Å². The van der Waals surface area contributed by atoms with Gasteiger partial charge < -0.3 is 9.47 Å². The molecule has 0 bridgehead atoms. The number of methoxy groups -OCH3 is 1. The summed E-state index contributed by atoms with van der Waals surface area (Å²) >= 11 is 5.82. The second-order valence-electron chi connectivity index (χ2n) is 4.75. The lowest BCUT2D eigenvalue weighted by molar-refractivity contribution is 0.311. The van der Waals surface area contributed by atoms with Gasteiger partial charge in [0.2, 0.25) is 0 Å². The van der Waals surface area contributed by atoms with Crippen LogP contribution in [0.3, 0.4) is 0 Å². The standard InChI is InChI=1S/C17H16N2O2S2/c1-3-21-14-7-4-11(8-15(14)20-2)10-18-12-5-6-13-16(9-12)23-17(22)19-13/h4-10H,3H2,1-2H3,(H,19,22). The molecule has 0 fully saturated rings. The third kappa shape index (κ3) is 3.65. The van der Waals surface area contributed by atoms with E-state index in [1.54, 1.807) is 18.4 Å². The molecule has 0 aliphatic rings. The first-order valence-electron chi connectivity index (χ1n) is 7.14. The Bertz CT molecular complexity index is 859. The van der Waals surface area contributed by atoms with Gasteiger partial charge in [0.1, 0.15) is 4.34 Å². The van der Waals surface area contributed by atoms with Crippen molar-refractivity contribution in [3.8, 4) is 11.5 Å². The van der Waals surface area contributed by atoms with E-state index in [0.29, 0.717) is 12.4 Å². The lowest BCUT2D eigenvalue weighted by Gasteiger charge is -2.09. The van der Waals surface area contributed by atoms with E-state index in [1.807, 2.05) is 49.5 Å². The number of thiol groups is 1. The minimum Gasteiger partial charge on any atom is -0.493 e. The summed E-state index contributed by atoms with van der Waals surface area (Å²) in [4.78, 5) is 8.84. The van der Waals surface area contributed by atoms with Crippen LogP contribution in [-0.4, -0.2) is 24.9 Å². The van der Waals surface area contributed by atoms with Crippen molar-refractivity contribution in [1.82, 2.24) is 4.98 Å². The second-order valence-corrected chi connectivity index (χ2v) is 6.51. The maximum Gasteiger partial charge on any atom is 0.161 e. The van der Waals surface area contributed by atoms with E-state index in [9.17, 15) is 0 Å². The topological polar surface area (TPSA) is 43.7 Å². The molecular weight excluding hydrogens is 328 g/mol. The van der Waals surface area contributed by atoms with Crippen molar-refractivity contribution < 1.29 is 9.47 Å². The zero-order valence-electron chi connectivity index (χ0n) is 12.8. The highest BCUT2D eigenvalue weighted by atomic mass is 32.2. The molecule has 0 unspecified atom stereocenters. The summed E-state index contributed by atoms with van der Waals surface area (Å²) in [5.41, 5.74) is 2.77. The molecule has 1 heterocycles. The number of thiazole rings is 1. The SMILES string of the molecule is CCOc1ccc(C=Nc2ccc3nc(S)sc3c2)cc1OC. The van der Waals surface area contributed by atoms with Crippen LogP contribution in [-0.2, 0) is 0 Å². The van der Waals surface area contributed by atoms with Crippen LogP contribution in [0, 0.1) is 0 Å². The maximum atomic E-state index is 5.51. The monoisotopic (exact) mass is 344 g/mol. The average molecular weight is 344 g/mol. The Labute approximate surface area is 144 Å². The molecule has 3 rings (SSSR count). The number of ether oxygens (including phenoxy) is 2. The van der Waals surface area contributed by atoms with Gasteiger partial charge in [0.25, 0.3) is 0 Å². The number of aliphatic imine (C=N–C) groups is 1. The molecule has 2 aromatic carbocycles. The first kappa shape index (κ1) is 15.8. The summed E-state index contributed by atoms with van der Waals surface area (Å²) in [6.45, 7) is 2.55. The van der Waals surface area contributed by atoms with Crippen molar-refractivity contribution in [2.75, 3.05) is 13.7 Å². The first-order chi connectivity index (χ1) is 11.2. The van der Waals surface area contributed by atoms with Gasteiger partial charge in [-0.25, -0.2) is 4.98 Å². The van der Waals surface area contributed by atoms with Crippen LogP contribution in [0.15, 0.2) is 45.7 Å². The van der Waals surface area contributed by atoms with Crippen molar-refractivity contribution in [2.45, 2.75) is 11.3 Å². The number of fused-ring (bicyclic) bond motifs is 1. The summed E-state index contributed by atoms with van der Waals surface area (Å²) in [5, 5.41) is 0. The summed E-state index contributed by atoms with van der Waals surface area (Å²) in [6, 6.07) is 11.7. The van der Waals surface area contributed by atoms with Crippen LogP contribution in [0.5, 0.6) is 11.5 Å². The number of hydrogen-bond donors (Lipinski definition) is 1. The largest absolute Gasteiger partial charge is 0.493 e. The number of nitrogens with zero attached hydrogens (tertiary/aromatic N) is 2. The fourth-order valence-electron chi connectivity index (χ4n) is 2.17. The van der Waals surface area contributed by atoms with Crippen LogP contribution in [0.2, 0.25) is 0 Å². The predicted octanol–water partition coefficient (Wildman–Crippen LogP) is 4.74. The molecule has 0 saturated heterocycles. The lowest BCUT2D eigenvalue weighted by atomic mass is 10.2. The maximum absolute atomic E-state index is 5.51. The molecule has 0 aliphatic carbocycles. The summed E-state index contributed by atoms with van der Waals surface area (Å²) < 4.78 is 12.7. The third-order valence-corrected chi connectivity index (χ3v) is 4.41. The normalized spacial score (nSPS) is 11.3. The summed E-state index contributed by atoms with van der Waals surface area (Å²) in [7, 11) is 1.63. The highest BCUT2D eigenvalue weighted by molar-refractivity contribution is 7.82. The molecule has 0 saturated carbocycles. The van der Waals surface area contributed by atoms with E-state index in [2.05, 4.69) is 22.6 Å². The molecule has 0 spiro atoms. The Morgan fingerprint density at radius 2 is 2.09 bits per heavy atom. The van der Waals surface area contributed by atoms with Gasteiger partial charge in [-0.2, -0.15) is 0 Å². The lowest BCUT2D eigenvalue weighted by Crippen LogP contribution is -1.96. The number of benzene rings is 2. The smallest absolute Gasteiger partial charge is 0.161 e. The molecule has 0 amide bonds. The molecule has 0 atom stereocenters. The van der Waals surface area contributed by atoms with Gasteiger partial charge in [0.05, 0.1) is 29.6 Å². The van der Waals surface area contributed by atoms with Gasteiger partial charge in [0.15, 0.2) is 11.5 Å². The van der Waals surface area contributed by atoms with E-state index < -0.39 is 0 Å². The molecular formula is C17H16N2O2S2. The molecule has 3 aromatic rings. The highest BCUT2D eigenvalue weighted by Gasteiger charge is 2.04. The van der Waals surface area contributed by atoms with E-state index in [0.717, 1.165) is 31.6 Å². The Kier molecular flexibility index (Phi) is 4.83. The van der Waals surface area contributed by atoms with Crippen molar-refractivity contribution in [3.05, 3.63) is 42.0 Å². The minimum atomic E-state index is 0.603. The van der Waals surface area contributed by atoms with E-state index in [1.165, 1.54) is 0 Å². The molecule has 1 aromatic heterocycles. The van der Waals surface area contributed by atoms with Crippen molar-refractivity contribution in [1.29, 1.82) is 0 Å². The Hall–Kier alpha value is -2.05. The van der Waals surface area contributed by atoms with Crippen LogP contribution in [0.1, 0.15) is 12.5 Å². The van der Waals surface area contributed by atoms with Crippen LogP contribution in [0.25, 0.3) is 10.2 Å². The van der Waals surface area contributed by atoms with Gasteiger partial charge in [0, 0.05) is 6.21 Å². The minimum absolute atomic E-state index is 0.603. The average Bonchev–Trinajstić information content (AvgIpc) is 2.93. The Balaban J connectivity index is 1.85. The van der Waals surface area contributed by atoms with Crippen LogP contribution >= 0.6 is 24.0 Å². The number of hydrogen-bond acceptors (Lipinski definition) is 6. The summed E-state index contributed by atoms with van der Waals surface area (Å²) in [6.07, 6.45) is 1.81. The molecule has 0 N–H and O–H groups in total. The van der Waals surface area contributed by atoms with Crippen molar-refractivity contribution in [2.24, 2.45) is 4.99 Å². The quantitative estimate of drug-likeness (QED) is 0.537. The van der Waals surface area contributed by atoms with Crippen LogP contribution < -0.4 is 9.47 Å². The van der Waals surface area contributed by atoms with E-state index in [-0.39, 0.29) is 0 Å². The fourth-order valence-corrected chi connectivity index (χ4v) is 3.31. The van der Waals surface area contributed by atoms with E-state index in [4.69, 9.17) is 9.47 Å². The summed E-state index contributed by atoms with van der Waals surface area (Å²) in [5.74, 6) is 1.44. The zero-order valence-corrected chi connectivity index (χ0v) is 14.5.